The lowest BCUT2D eigenvalue weighted by Crippen LogP contribution is -2.27. The zero-order valence-electron chi connectivity index (χ0n) is 11.9. The SMILES string of the molecule is CCCC(CC(C)O)OC(CCC)CC(C)O. The molecule has 3 heteroatoms. The maximum Gasteiger partial charge on any atom is 0.0603 e. The molecule has 4 unspecified atom stereocenters. The summed E-state index contributed by atoms with van der Waals surface area (Å²) in [5.41, 5.74) is 0. The molecule has 0 amide bonds. The van der Waals surface area contributed by atoms with E-state index < -0.39 is 0 Å². The van der Waals surface area contributed by atoms with E-state index in [0.717, 1.165) is 25.7 Å². The lowest BCUT2D eigenvalue weighted by molar-refractivity contribution is -0.0570. The van der Waals surface area contributed by atoms with E-state index in [2.05, 4.69) is 13.8 Å². The predicted octanol–water partition coefficient (Wildman–Crippen LogP) is 2.88. The third kappa shape index (κ3) is 9.57. The summed E-state index contributed by atoms with van der Waals surface area (Å²) < 4.78 is 6.03. The Morgan fingerprint density at radius 2 is 1.18 bits per heavy atom. The van der Waals surface area contributed by atoms with E-state index in [4.69, 9.17) is 4.74 Å². The summed E-state index contributed by atoms with van der Waals surface area (Å²) in [5, 5.41) is 18.9. The molecular weight excluding hydrogens is 216 g/mol. The van der Waals surface area contributed by atoms with Crippen molar-refractivity contribution in [2.75, 3.05) is 0 Å². The van der Waals surface area contributed by atoms with Gasteiger partial charge < -0.3 is 14.9 Å². The van der Waals surface area contributed by atoms with Gasteiger partial charge in [-0.15, -0.1) is 0 Å². The fourth-order valence-corrected chi connectivity index (χ4v) is 2.16. The minimum absolute atomic E-state index is 0.121. The molecule has 0 aromatic rings. The average molecular weight is 246 g/mol. The monoisotopic (exact) mass is 246 g/mol. The molecule has 0 spiro atoms. The van der Waals surface area contributed by atoms with Gasteiger partial charge in [-0.05, 0) is 39.5 Å². The molecule has 0 heterocycles. The Bertz CT molecular complexity index is 151. The van der Waals surface area contributed by atoms with Crippen molar-refractivity contribution in [1.29, 1.82) is 0 Å². The number of aliphatic hydroxyl groups excluding tert-OH is 2. The van der Waals surface area contributed by atoms with Crippen LogP contribution in [0.5, 0.6) is 0 Å². The second kappa shape index (κ2) is 9.86. The van der Waals surface area contributed by atoms with Gasteiger partial charge in [0.15, 0.2) is 0 Å². The van der Waals surface area contributed by atoms with Crippen LogP contribution in [-0.4, -0.2) is 34.6 Å². The van der Waals surface area contributed by atoms with Gasteiger partial charge in [0.2, 0.25) is 0 Å². The topological polar surface area (TPSA) is 49.7 Å². The first-order valence-corrected chi connectivity index (χ1v) is 7.01. The lowest BCUT2D eigenvalue weighted by Gasteiger charge is -2.26. The molecule has 0 aromatic carbocycles. The first kappa shape index (κ1) is 16.9. The van der Waals surface area contributed by atoms with E-state index in [1.54, 1.807) is 13.8 Å². The molecule has 0 aromatic heterocycles. The van der Waals surface area contributed by atoms with Crippen molar-refractivity contribution in [3.05, 3.63) is 0 Å². The molecule has 0 saturated carbocycles. The van der Waals surface area contributed by atoms with Gasteiger partial charge >= 0.3 is 0 Å². The summed E-state index contributed by atoms with van der Waals surface area (Å²) >= 11 is 0. The lowest BCUT2D eigenvalue weighted by atomic mass is 10.0. The predicted molar refractivity (Wildman–Crippen MR) is 71.1 cm³/mol. The maximum absolute atomic E-state index is 9.44. The van der Waals surface area contributed by atoms with Crippen molar-refractivity contribution in [2.45, 2.75) is 90.6 Å². The number of ether oxygens (including phenoxy) is 1. The van der Waals surface area contributed by atoms with Crippen molar-refractivity contribution >= 4 is 0 Å². The largest absolute Gasteiger partial charge is 0.393 e. The van der Waals surface area contributed by atoms with Crippen LogP contribution in [0.15, 0.2) is 0 Å². The van der Waals surface area contributed by atoms with E-state index in [0.29, 0.717) is 12.8 Å². The Morgan fingerprint density at radius 3 is 1.41 bits per heavy atom. The Morgan fingerprint density at radius 1 is 0.824 bits per heavy atom. The van der Waals surface area contributed by atoms with E-state index in [9.17, 15) is 10.2 Å². The van der Waals surface area contributed by atoms with Crippen LogP contribution in [-0.2, 0) is 4.74 Å². The first-order chi connectivity index (χ1) is 7.99. The molecule has 0 saturated heterocycles. The van der Waals surface area contributed by atoms with Gasteiger partial charge in [-0.1, -0.05) is 26.7 Å². The summed E-state index contributed by atoms with van der Waals surface area (Å²) in [6.07, 6.45) is 5.05. The minimum Gasteiger partial charge on any atom is -0.393 e. The van der Waals surface area contributed by atoms with Gasteiger partial charge in [0.1, 0.15) is 0 Å². The van der Waals surface area contributed by atoms with Crippen molar-refractivity contribution in [1.82, 2.24) is 0 Å². The van der Waals surface area contributed by atoms with E-state index in [1.165, 1.54) is 0 Å². The molecule has 3 nitrogen and oxygen atoms in total. The van der Waals surface area contributed by atoms with Crippen LogP contribution in [0, 0.1) is 0 Å². The number of hydrogen-bond donors (Lipinski definition) is 2. The summed E-state index contributed by atoms with van der Waals surface area (Å²) in [6, 6.07) is 0. The smallest absolute Gasteiger partial charge is 0.0603 e. The van der Waals surface area contributed by atoms with Crippen LogP contribution in [0.4, 0.5) is 0 Å². The van der Waals surface area contributed by atoms with Gasteiger partial charge in [0.05, 0.1) is 24.4 Å². The summed E-state index contributed by atoms with van der Waals surface area (Å²) in [4.78, 5) is 0. The molecule has 0 fully saturated rings. The number of rotatable bonds is 10. The van der Waals surface area contributed by atoms with Gasteiger partial charge in [-0.3, -0.25) is 0 Å². The van der Waals surface area contributed by atoms with Gasteiger partial charge in [-0.2, -0.15) is 0 Å². The molecular formula is C14H30O3. The second-order valence-electron chi connectivity index (χ2n) is 5.13. The molecule has 0 aliphatic carbocycles. The Balaban J connectivity index is 4.22. The van der Waals surface area contributed by atoms with Crippen molar-refractivity contribution in [3.8, 4) is 0 Å². The Kier molecular flexibility index (Phi) is 9.79. The molecule has 17 heavy (non-hydrogen) atoms. The van der Waals surface area contributed by atoms with Gasteiger partial charge in [0.25, 0.3) is 0 Å². The molecule has 0 rings (SSSR count). The highest BCUT2D eigenvalue weighted by molar-refractivity contribution is 4.68. The van der Waals surface area contributed by atoms with Crippen LogP contribution < -0.4 is 0 Å². The minimum atomic E-state index is -0.319. The molecule has 4 atom stereocenters. The second-order valence-corrected chi connectivity index (χ2v) is 5.13. The molecule has 104 valence electrons. The highest BCUT2D eigenvalue weighted by Crippen LogP contribution is 2.18. The first-order valence-electron chi connectivity index (χ1n) is 7.01. The van der Waals surface area contributed by atoms with Crippen LogP contribution in [0.2, 0.25) is 0 Å². The van der Waals surface area contributed by atoms with Crippen LogP contribution in [0.3, 0.4) is 0 Å². The summed E-state index contributed by atoms with van der Waals surface area (Å²) in [7, 11) is 0. The highest BCUT2D eigenvalue weighted by atomic mass is 16.5. The highest BCUT2D eigenvalue weighted by Gasteiger charge is 2.18. The average Bonchev–Trinajstić information content (AvgIpc) is 2.16. The van der Waals surface area contributed by atoms with Gasteiger partial charge in [-0.25, -0.2) is 0 Å². The zero-order chi connectivity index (χ0) is 13.3. The van der Waals surface area contributed by atoms with E-state index in [-0.39, 0.29) is 24.4 Å². The number of aliphatic hydroxyl groups is 2. The molecule has 0 radical (unpaired) electrons. The summed E-state index contributed by atoms with van der Waals surface area (Å²) in [6.45, 7) is 7.86. The van der Waals surface area contributed by atoms with Gasteiger partial charge in [0, 0.05) is 0 Å². The fourth-order valence-electron chi connectivity index (χ4n) is 2.16. The standard InChI is InChI=1S/C14H30O3/c1-5-7-13(9-11(3)15)17-14(8-6-2)10-12(4)16/h11-16H,5-10H2,1-4H3. The van der Waals surface area contributed by atoms with Crippen LogP contribution in [0.25, 0.3) is 0 Å². The molecule has 0 aliphatic rings. The van der Waals surface area contributed by atoms with Crippen molar-refractivity contribution in [2.24, 2.45) is 0 Å². The Labute approximate surface area is 106 Å². The molecule has 2 N–H and O–H groups in total. The van der Waals surface area contributed by atoms with Crippen molar-refractivity contribution < 1.29 is 14.9 Å². The Hall–Kier alpha value is -0.120. The zero-order valence-corrected chi connectivity index (χ0v) is 11.9. The van der Waals surface area contributed by atoms with Crippen LogP contribution in [0.1, 0.15) is 66.2 Å². The quantitative estimate of drug-likeness (QED) is 0.623. The normalized spacial score (nSPS) is 18.7. The molecule has 0 bridgehead atoms. The van der Waals surface area contributed by atoms with E-state index in [1.807, 2.05) is 0 Å². The number of hydrogen-bond acceptors (Lipinski definition) is 3. The third-order valence-corrected chi connectivity index (χ3v) is 2.81. The maximum atomic E-state index is 9.44. The van der Waals surface area contributed by atoms with Crippen LogP contribution >= 0.6 is 0 Å². The van der Waals surface area contributed by atoms with E-state index >= 15 is 0 Å². The fraction of sp³-hybridized carbons (Fsp3) is 1.00. The molecule has 0 aliphatic heterocycles. The third-order valence-electron chi connectivity index (χ3n) is 2.81. The summed E-state index contributed by atoms with van der Waals surface area (Å²) in [5.74, 6) is 0. The van der Waals surface area contributed by atoms with Crippen molar-refractivity contribution in [3.63, 3.8) is 0 Å².